The van der Waals surface area contributed by atoms with Gasteiger partial charge in [0, 0.05) is 0 Å². The van der Waals surface area contributed by atoms with Crippen molar-refractivity contribution in [3.05, 3.63) is 101 Å². The Morgan fingerprint density at radius 2 is 1.05 bits per heavy atom. The van der Waals surface area contributed by atoms with Gasteiger partial charge in [-0.05, 0) is 134 Å². The molecule has 2 fully saturated rings. The molecule has 0 spiro atoms. The van der Waals surface area contributed by atoms with Crippen molar-refractivity contribution in [2.24, 2.45) is 0 Å². The molecule has 6 rings (SSSR count). The molecule has 0 saturated carbocycles. The van der Waals surface area contributed by atoms with E-state index in [1.54, 1.807) is 0 Å². The average Bonchev–Trinajstić information content (AvgIpc) is 3.90. The maximum absolute atomic E-state index is 11.6. The minimum atomic E-state index is -0.518. The number of aryl methyl sites for hydroxylation is 4. The Kier molecular flexibility index (Phi) is 9.19. The molecule has 224 valence electrons. The van der Waals surface area contributed by atoms with Gasteiger partial charge in [0.15, 0.2) is 0 Å². The summed E-state index contributed by atoms with van der Waals surface area (Å²) < 4.78 is 27.4. The Morgan fingerprint density at radius 3 is 1.42 bits per heavy atom. The Morgan fingerprint density at radius 1 is 0.674 bits per heavy atom. The van der Waals surface area contributed by atoms with Crippen molar-refractivity contribution in [3.63, 3.8) is 0 Å². The van der Waals surface area contributed by atoms with E-state index in [1.165, 1.54) is 59.7 Å². The number of epoxide rings is 2. The van der Waals surface area contributed by atoms with Gasteiger partial charge in [-0.15, -0.1) is 0 Å². The van der Waals surface area contributed by atoms with E-state index in [0.29, 0.717) is 24.5 Å². The molecule has 2 heterocycles. The van der Waals surface area contributed by atoms with E-state index in [2.05, 4.69) is 52.0 Å². The lowest BCUT2D eigenvalue weighted by molar-refractivity contribution is 0.0734. The van der Waals surface area contributed by atoms with Gasteiger partial charge in [0.05, 0.1) is 18.8 Å². The minimum absolute atomic E-state index is 0.0891. The van der Waals surface area contributed by atoms with Crippen LogP contribution in [0.1, 0.15) is 32.6 Å². The zero-order valence-electron chi connectivity index (χ0n) is 24.8. The highest BCUT2D eigenvalue weighted by molar-refractivity contribution is 5.91. The monoisotopic (exact) mass is 584 g/mol. The Hall–Kier alpha value is -4.53. The Labute approximate surface area is 251 Å². The summed E-state index contributed by atoms with van der Waals surface area (Å²) in [6.45, 7) is 11.3. The van der Waals surface area contributed by atoms with Crippen LogP contribution in [0.5, 0.6) is 28.7 Å². The normalized spacial score (nSPS) is 16.5. The van der Waals surface area contributed by atoms with Crippen molar-refractivity contribution < 1.29 is 38.7 Å². The van der Waals surface area contributed by atoms with E-state index in [1.807, 2.05) is 0 Å². The number of aromatic hydroxyl groups is 2. The summed E-state index contributed by atoms with van der Waals surface area (Å²) in [5, 5.41) is 18.1. The lowest BCUT2D eigenvalue weighted by atomic mass is 9.96. The third kappa shape index (κ3) is 8.28. The molecule has 2 saturated heterocycles. The first-order valence-corrected chi connectivity index (χ1v) is 14.2. The zero-order valence-corrected chi connectivity index (χ0v) is 24.8. The molecule has 2 atom stereocenters. The summed E-state index contributed by atoms with van der Waals surface area (Å²) in [7, 11) is 0. The first-order chi connectivity index (χ1) is 20.7. The molecule has 2 aliphatic heterocycles. The molecule has 2 N–H and O–H groups in total. The lowest BCUT2D eigenvalue weighted by Crippen LogP contribution is -2.07. The number of esters is 1. The number of benzene rings is 4. The highest BCUT2D eigenvalue weighted by Crippen LogP contribution is 2.35. The molecule has 2 aliphatic rings. The summed E-state index contributed by atoms with van der Waals surface area (Å²) in [4.78, 5) is 11.6. The fourth-order valence-electron chi connectivity index (χ4n) is 4.65. The van der Waals surface area contributed by atoms with Crippen LogP contribution in [-0.4, -0.2) is 54.8 Å². The molecule has 4 aromatic carbocycles. The predicted molar refractivity (Wildman–Crippen MR) is 162 cm³/mol. The van der Waals surface area contributed by atoms with Gasteiger partial charge in [0.25, 0.3) is 0 Å². The average molecular weight is 585 g/mol. The van der Waals surface area contributed by atoms with Crippen molar-refractivity contribution in [1.29, 1.82) is 0 Å². The number of hydrogen-bond donors (Lipinski definition) is 2. The zero-order chi connectivity index (χ0) is 30.5. The molecule has 0 aliphatic carbocycles. The molecule has 0 bridgehead atoms. The molecule has 0 radical (unpaired) electrons. The van der Waals surface area contributed by atoms with E-state index in [4.69, 9.17) is 33.9 Å². The van der Waals surface area contributed by atoms with Crippen LogP contribution < -0.4 is 14.2 Å². The summed E-state index contributed by atoms with van der Waals surface area (Å²) in [6, 6.07) is 20.4. The van der Waals surface area contributed by atoms with Gasteiger partial charge in [0.1, 0.15) is 54.2 Å². The highest BCUT2D eigenvalue weighted by Gasteiger charge is 2.25. The second-order valence-corrected chi connectivity index (χ2v) is 10.8. The van der Waals surface area contributed by atoms with E-state index in [-0.39, 0.29) is 23.7 Å². The fourth-order valence-corrected chi connectivity index (χ4v) is 4.65. The highest BCUT2D eigenvalue weighted by atomic mass is 16.6. The molecule has 4 aromatic rings. The topological polar surface area (TPSA) is 110 Å². The van der Waals surface area contributed by atoms with Crippen LogP contribution >= 0.6 is 0 Å². The number of carbonyl (C=O) groups is 1. The van der Waals surface area contributed by atoms with Gasteiger partial charge in [0.2, 0.25) is 0 Å². The van der Waals surface area contributed by atoms with Gasteiger partial charge in [-0.25, -0.2) is 4.79 Å². The van der Waals surface area contributed by atoms with Crippen LogP contribution in [0, 0.1) is 27.7 Å². The second-order valence-electron chi connectivity index (χ2n) is 10.8. The quantitative estimate of drug-likeness (QED) is 0.131. The van der Waals surface area contributed by atoms with E-state index < -0.39 is 5.97 Å². The third-order valence-corrected chi connectivity index (χ3v) is 7.04. The molecular weight excluding hydrogens is 548 g/mol. The number of carbonyl (C=O) groups excluding carboxylic acids is 1. The van der Waals surface area contributed by atoms with Crippen molar-refractivity contribution in [3.8, 4) is 39.9 Å². The van der Waals surface area contributed by atoms with Crippen molar-refractivity contribution in [2.45, 2.75) is 39.9 Å². The van der Waals surface area contributed by atoms with Crippen molar-refractivity contribution in [1.82, 2.24) is 0 Å². The number of phenolic OH excluding ortho intramolecular Hbond substituents is 2. The molecular formula is C35H36O8. The SMILES string of the molecule is Cc1cc(-c2cc(C)c(OCC3CO3)c(C)c2)cc(C)c1OCC1CO1.O=C(Oc1ccc(O)cc1)c1ccc(O)cc1. The van der Waals surface area contributed by atoms with Crippen LogP contribution in [0.4, 0.5) is 0 Å². The van der Waals surface area contributed by atoms with Gasteiger partial charge in [-0.2, -0.15) is 0 Å². The van der Waals surface area contributed by atoms with Gasteiger partial charge >= 0.3 is 5.97 Å². The standard InChI is InChI=1S/C22H26O4.C13H10O4/c1-13-5-17(6-14(2)21(13)25-11-19-9-23-19)18-7-15(3)22(16(4)8-18)26-12-20-10-24-20;14-10-3-1-9(2-4-10)13(16)17-12-7-5-11(15)6-8-12/h5-8,19-20H,9-12H2,1-4H3;1-8,14-15H. The molecule has 2 unspecified atom stereocenters. The van der Waals surface area contributed by atoms with E-state index in [0.717, 1.165) is 47.0 Å². The summed E-state index contributed by atoms with van der Waals surface area (Å²) in [5.74, 6) is 1.97. The molecule has 8 nitrogen and oxygen atoms in total. The first kappa shape index (κ1) is 29.9. The maximum Gasteiger partial charge on any atom is 0.343 e. The van der Waals surface area contributed by atoms with E-state index in [9.17, 15) is 4.79 Å². The summed E-state index contributed by atoms with van der Waals surface area (Å²) >= 11 is 0. The second kappa shape index (κ2) is 13.2. The van der Waals surface area contributed by atoms with Crippen LogP contribution in [0.2, 0.25) is 0 Å². The van der Waals surface area contributed by atoms with Gasteiger partial charge < -0.3 is 33.9 Å². The Balaban J connectivity index is 0.000000188. The number of ether oxygens (including phenoxy) is 5. The van der Waals surface area contributed by atoms with Crippen molar-refractivity contribution >= 4 is 5.97 Å². The summed E-state index contributed by atoms with van der Waals surface area (Å²) in [5.41, 5.74) is 7.38. The predicted octanol–water partition coefficient (Wildman–Crippen LogP) is 6.46. The first-order valence-electron chi connectivity index (χ1n) is 14.2. The molecule has 0 amide bonds. The number of phenols is 2. The largest absolute Gasteiger partial charge is 0.508 e. The van der Waals surface area contributed by atoms with Crippen LogP contribution in [0.25, 0.3) is 11.1 Å². The summed E-state index contributed by atoms with van der Waals surface area (Å²) in [6.07, 6.45) is 0.541. The minimum Gasteiger partial charge on any atom is -0.508 e. The van der Waals surface area contributed by atoms with Gasteiger partial charge in [-0.3, -0.25) is 0 Å². The smallest absolute Gasteiger partial charge is 0.343 e. The fraction of sp³-hybridized carbons (Fsp3) is 0.286. The maximum atomic E-state index is 11.6. The van der Waals surface area contributed by atoms with Gasteiger partial charge in [-0.1, -0.05) is 0 Å². The lowest BCUT2D eigenvalue weighted by Gasteiger charge is -2.16. The third-order valence-electron chi connectivity index (χ3n) is 7.04. The Bertz CT molecular complexity index is 1450. The number of rotatable bonds is 9. The van der Waals surface area contributed by atoms with Crippen molar-refractivity contribution in [2.75, 3.05) is 26.4 Å². The number of hydrogen-bond acceptors (Lipinski definition) is 8. The van der Waals surface area contributed by atoms with Crippen LogP contribution in [-0.2, 0) is 9.47 Å². The molecule has 8 heteroatoms. The van der Waals surface area contributed by atoms with E-state index >= 15 is 0 Å². The molecule has 0 aromatic heterocycles. The molecule has 43 heavy (non-hydrogen) atoms. The van der Waals surface area contributed by atoms with Crippen LogP contribution in [0.15, 0.2) is 72.8 Å². The van der Waals surface area contributed by atoms with Crippen LogP contribution in [0.3, 0.4) is 0 Å².